The van der Waals surface area contributed by atoms with Gasteiger partial charge in [-0.15, -0.1) is 0 Å². The van der Waals surface area contributed by atoms with Crippen LogP contribution in [0.25, 0.3) is 0 Å². The Labute approximate surface area is 450 Å². The van der Waals surface area contributed by atoms with Crippen molar-refractivity contribution >= 4 is 5.97 Å². The smallest absolute Gasteiger partial charge is 0.306 e. The van der Waals surface area contributed by atoms with E-state index in [2.05, 4.69) is 135 Å². The van der Waals surface area contributed by atoms with Crippen molar-refractivity contribution in [2.75, 3.05) is 33.0 Å². The first kappa shape index (κ1) is 67.5. The van der Waals surface area contributed by atoms with E-state index in [1.165, 1.54) is 0 Å². The molecule has 2 heterocycles. The van der Waals surface area contributed by atoms with Crippen molar-refractivity contribution in [3.8, 4) is 0 Å². The van der Waals surface area contributed by atoms with Gasteiger partial charge in [0.15, 0.2) is 12.6 Å². The standard InChI is InChI=1S/C61H98O14/c1-3-5-7-9-11-13-15-17-19-20-21-22-23-24-25-26-27-28-29-31-33-35-37-39-41-43-45-70-47-50(73-53(63)44-42-40-38-36-34-32-30-18-16-14-12-10-8-6-4-2)48-71-60-59(69)57(67)55(65)52(75-60)49-72-61-58(68)56(66)54(64)51(46-62)74-61/h5-8,11-14,17-19,21-22,24-25,27-28,30-31,33,50-52,54-62,64-69H,3-4,9-10,15-16,20,23,26,29,32,34-49H2,1-2H3/b7-5-,8-6-,13-11-,14-12-,19-17-,22-21-,25-24-,28-27-,30-18-,33-31-. The van der Waals surface area contributed by atoms with E-state index in [4.69, 9.17) is 28.4 Å². The van der Waals surface area contributed by atoms with E-state index >= 15 is 0 Å². The number of allylic oxidation sites excluding steroid dienone is 20. The van der Waals surface area contributed by atoms with Gasteiger partial charge in [-0.3, -0.25) is 4.79 Å². The third-order valence-corrected chi connectivity index (χ3v) is 12.5. The molecule has 0 aromatic heterocycles. The van der Waals surface area contributed by atoms with Gasteiger partial charge in [0, 0.05) is 13.0 Å². The molecule has 0 radical (unpaired) electrons. The minimum absolute atomic E-state index is 0.0277. The van der Waals surface area contributed by atoms with Crippen molar-refractivity contribution in [1.29, 1.82) is 0 Å². The molecule has 0 amide bonds. The largest absolute Gasteiger partial charge is 0.457 e. The van der Waals surface area contributed by atoms with Crippen LogP contribution < -0.4 is 0 Å². The first-order valence-corrected chi connectivity index (χ1v) is 28.1. The molecule has 11 atom stereocenters. The Bertz CT molecular complexity index is 1700. The highest BCUT2D eigenvalue weighted by atomic mass is 16.7. The van der Waals surface area contributed by atoms with Gasteiger partial charge in [0.25, 0.3) is 0 Å². The van der Waals surface area contributed by atoms with Crippen LogP contribution in [0.15, 0.2) is 122 Å². The van der Waals surface area contributed by atoms with E-state index in [1.807, 2.05) is 0 Å². The number of rotatable bonds is 43. The van der Waals surface area contributed by atoms with Crippen LogP contribution in [-0.2, 0) is 33.2 Å². The molecule has 0 aliphatic carbocycles. The average molecular weight is 1060 g/mol. The van der Waals surface area contributed by atoms with E-state index in [0.717, 1.165) is 128 Å². The molecular weight excluding hydrogens is 957 g/mol. The molecule has 2 aliphatic heterocycles. The molecule has 11 unspecified atom stereocenters. The summed E-state index contributed by atoms with van der Waals surface area (Å²) >= 11 is 0. The van der Waals surface area contributed by atoms with E-state index in [9.17, 15) is 40.5 Å². The SMILES string of the molecule is CC/C=C\C/C=C\C/C=C\C/C=C\C/C=C\C/C=C\C/C=C\CCCCCCOCC(COC1OC(COC2OC(CO)C(O)C(O)C2O)C(O)C(O)C1O)OC(=O)CCCCCCC/C=C\C/C=C\C/C=C\CC. The predicted octanol–water partition coefficient (Wildman–Crippen LogP) is 9.74. The first-order chi connectivity index (χ1) is 36.6. The number of ether oxygens (including phenoxy) is 6. The monoisotopic (exact) mass is 1050 g/mol. The number of esters is 1. The molecule has 2 aliphatic rings. The van der Waals surface area contributed by atoms with Crippen LogP contribution in [0.1, 0.15) is 155 Å². The number of aliphatic hydroxyl groups excluding tert-OH is 7. The van der Waals surface area contributed by atoms with Crippen molar-refractivity contribution in [3.63, 3.8) is 0 Å². The summed E-state index contributed by atoms with van der Waals surface area (Å²) in [7, 11) is 0. The quantitative estimate of drug-likeness (QED) is 0.0172. The Balaban J connectivity index is 1.74. The maximum absolute atomic E-state index is 13.0. The molecule has 2 rings (SSSR count). The molecule has 0 spiro atoms. The molecule has 0 saturated carbocycles. The molecule has 75 heavy (non-hydrogen) atoms. The van der Waals surface area contributed by atoms with E-state index in [0.29, 0.717) is 13.0 Å². The highest BCUT2D eigenvalue weighted by molar-refractivity contribution is 5.69. The van der Waals surface area contributed by atoms with Crippen LogP contribution >= 0.6 is 0 Å². The van der Waals surface area contributed by atoms with Gasteiger partial charge in [0.05, 0.1) is 26.4 Å². The van der Waals surface area contributed by atoms with Gasteiger partial charge >= 0.3 is 5.97 Å². The molecule has 0 bridgehead atoms. The Hall–Kier alpha value is -3.61. The molecule has 0 aromatic rings. The number of carbonyl (C=O) groups is 1. The lowest BCUT2D eigenvalue weighted by molar-refractivity contribution is -0.332. The predicted molar refractivity (Wildman–Crippen MR) is 297 cm³/mol. The van der Waals surface area contributed by atoms with Crippen LogP contribution in [0.2, 0.25) is 0 Å². The molecule has 14 heteroatoms. The third-order valence-electron chi connectivity index (χ3n) is 12.5. The maximum Gasteiger partial charge on any atom is 0.306 e. The van der Waals surface area contributed by atoms with Crippen LogP contribution in [0.3, 0.4) is 0 Å². The van der Waals surface area contributed by atoms with Gasteiger partial charge in [-0.1, -0.05) is 167 Å². The molecule has 14 nitrogen and oxygen atoms in total. The summed E-state index contributed by atoms with van der Waals surface area (Å²) in [5, 5.41) is 72.3. The van der Waals surface area contributed by atoms with Crippen molar-refractivity contribution in [2.45, 2.75) is 223 Å². The Morgan fingerprint density at radius 3 is 1.29 bits per heavy atom. The van der Waals surface area contributed by atoms with Gasteiger partial charge in [-0.25, -0.2) is 0 Å². The number of hydrogen-bond donors (Lipinski definition) is 7. The zero-order chi connectivity index (χ0) is 54.4. The number of carbonyl (C=O) groups excluding carboxylic acids is 1. The lowest BCUT2D eigenvalue weighted by atomic mass is 9.98. The topological polar surface area (TPSA) is 214 Å². The molecule has 7 N–H and O–H groups in total. The Morgan fingerprint density at radius 2 is 0.827 bits per heavy atom. The van der Waals surface area contributed by atoms with Crippen LogP contribution in [0.4, 0.5) is 0 Å². The van der Waals surface area contributed by atoms with Crippen molar-refractivity contribution in [2.24, 2.45) is 0 Å². The van der Waals surface area contributed by atoms with E-state index in [-0.39, 0.29) is 19.6 Å². The molecule has 0 aromatic carbocycles. The second-order valence-electron chi connectivity index (χ2n) is 19.0. The van der Waals surface area contributed by atoms with Crippen molar-refractivity contribution in [3.05, 3.63) is 122 Å². The summed E-state index contributed by atoms with van der Waals surface area (Å²) < 4.78 is 34.3. The highest BCUT2D eigenvalue weighted by Crippen LogP contribution is 2.26. The summed E-state index contributed by atoms with van der Waals surface area (Å²) in [6.45, 7) is 3.34. The molecule has 426 valence electrons. The summed E-state index contributed by atoms with van der Waals surface area (Å²) in [4.78, 5) is 13.0. The van der Waals surface area contributed by atoms with E-state index < -0.39 is 86.7 Å². The Morgan fingerprint density at radius 1 is 0.440 bits per heavy atom. The van der Waals surface area contributed by atoms with Crippen molar-refractivity contribution < 1.29 is 69.0 Å². The molecule has 2 fully saturated rings. The highest BCUT2D eigenvalue weighted by Gasteiger charge is 2.47. The van der Waals surface area contributed by atoms with Crippen molar-refractivity contribution in [1.82, 2.24) is 0 Å². The minimum atomic E-state index is -1.72. The van der Waals surface area contributed by atoms with Crippen LogP contribution in [-0.4, -0.2) is 142 Å². The fourth-order valence-corrected chi connectivity index (χ4v) is 7.98. The van der Waals surface area contributed by atoms with Gasteiger partial charge in [0.2, 0.25) is 0 Å². The second kappa shape index (κ2) is 46.5. The van der Waals surface area contributed by atoms with Gasteiger partial charge in [-0.2, -0.15) is 0 Å². The number of aliphatic hydroxyl groups is 7. The zero-order valence-electron chi connectivity index (χ0n) is 45.5. The lowest BCUT2D eigenvalue weighted by Gasteiger charge is -2.42. The lowest BCUT2D eigenvalue weighted by Crippen LogP contribution is -2.61. The number of hydrogen-bond acceptors (Lipinski definition) is 14. The van der Waals surface area contributed by atoms with Gasteiger partial charge in [-0.05, 0) is 103 Å². The van der Waals surface area contributed by atoms with Crippen LogP contribution in [0, 0.1) is 0 Å². The van der Waals surface area contributed by atoms with Gasteiger partial charge in [0.1, 0.15) is 54.9 Å². The fraction of sp³-hybridized carbons (Fsp3) is 0.656. The first-order valence-electron chi connectivity index (χ1n) is 28.1. The normalized spacial score (nSPS) is 25.6. The Kier molecular flexibility index (Phi) is 41.8. The van der Waals surface area contributed by atoms with Gasteiger partial charge < -0.3 is 64.2 Å². The fourth-order valence-electron chi connectivity index (χ4n) is 7.98. The summed E-state index contributed by atoms with van der Waals surface area (Å²) in [5.74, 6) is -0.409. The van der Waals surface area contributed by atoms with Crippen LogP contribution in [0.5, 0.6) is 0 Å². The molecular formula is C61H98O14. The summed E-state index contributed by atoms with van der Waals surface area (Å²) in [6, 6.07) is 0. The summed E-state index contributed by atoms with van der Waals surface area (Å²) in [5.41, 5.74) is 0. The summed E-state index contributed by atoms with van der Waals surface area (Å²) in [6.07, 6.45) is 48.3. The maximum atomic E-state index is 13.0. The zero-order valence-corrected chi connectivity index (χ0v) is 45.5. The average Bonchev–Trinajstić information content (AvgIpc) is 3.41. The molecule has 2 saturated heterocycles. The third kappa shape index (κ3) is 33.3. The minimum Gasteiger partial charge on any atom is -0.457 e. The number of unbranched alkanes of at least 4 members (excludes halogenated alkanes) is 9. The van der Waals surface area contributed by atoms with E-state index in [1.54, 1.807) is 0 Å². The second-order valence-corrected chi connectivity index (χ2v) is 19.0.